The Morgan fingerprint density at radius 3 is 2.64 bits per heavy atom. The number of carbonyl (C=O) groups excluding carboxylic acids is 1. The number of benzene rings is 2. The molecule has 1 atom stereocenters. The predicted octanol–water partition coefficient (Wildman–Crippen LogP) is 4.34. The fourth-order valence-corrected chi connectivity index (χ4v) is 4.34. The van der Waals surface area contributed by atoms with Crippen LogP contribution in [-0.2, 0) is 0 Å². The van der Waals surface area contributed by atoms with Crippen LogP contribution in [0.4, 0.5) is 4.39 Å². The van der Waals surface area contributed by atoms with Crippen LogP contribution in [0.15, 0.2) is 60.8 Å². The monoisotopic (exact) mass is 446 g/mol. The number of pyridine rings is 1. The van der Waals surface area contributed by atoms with Gasteiger partial charge < -0.3 is 18.9 Å². The Bertz CT molecular complexity index is 1320. The van der Waals surface area contributed by atoms with E-state index in [1.807, 2.05) is 36.4 Å². The van der Waals surface area contributed by atoms with Gasteiger partial charge in [0, 0.05) is 30.4 Å². The van der Waals surface area contributed by atoms with E-state index in [9.17, 15) is 9.18 Å². The molecule has 1 fully saturated rings. The summed E-state index contributed by atoms with van der Waals surface area (Å²) in [7, 11) is 3.03. The first kappa shape index (κ1) is 20.9. The van der Waals surface area contributed by atoms with Crippen molar-refractivity contribution in [3.63, 3.8) is 0 Å². The van der Waals surface area contributed by atoms with Crippen molar-refractivity contribution in [2.45, 2.75) is 12.5 Å². The van der Waals surface area contributed by atoms with Gasteiger partial charge in [-0.15, -0.1) is 0 Å². The maximum Gasteiger partial charge on any atom is 0.254 e. The summed E-state index contributed by atoms with van der Waals surface area (Å²) in [5, 5.41) is 0. The Morgan fingerprint density at radius 2 is 1.91 bits per heavy atom. The van der Waals surface area contributed by atoms with Gasteiger partial charge in [-0.3, -0.25) is 4.79 Å². The number of ether oxygens (including phenoxy) is 2. The number of hydrogen-bond acceptors (Lipinski definition) is 5. The van der Waals surface area contributed by atoms with Gasteiger partial charge in [-0.2, -0.15) is 0 Å². The van der Waals surface area contributed by atoms with Crippen LogP contribution in [0.2, 0.25) is 0 Å². The fourth-order valence-electron chi connectivity index (χ4n) is 4.34. The quantitative estimate of drug-likeness (QED) is 0.456. The summed E-state index contributed by atoms with van der Waals surface area (Å²) in [6, 6.07) is 15.8. The number of amides is 1. The molecule has 3 heterocycles. The molecule has 4 aromatic rings. The normalized spacial score (nSPS) is 15.7. The molecule has 7 nitrogen and oxygen atoms in total. The van der Waals surface area contributed by atoms with Crippen LogP contribution >= 0.6 is 0 Å². The number of halogens is 1. The topological polar surface area (TPSA) is 69.5 Å². The number of likely N-dealkylation sites (tertiary alicyclic amines) is 1. The van der Waals surface area contributed by atoms with Gasteiger partial charge in [0.05, 0.1) is 20.3 Å². The lowest BCUT2D eigenvalue weighted by Crippen LogP contribution is -2.29. The van der Waals surface area contributed by atoms with Gasteiger partial charge in [-0.25, -0.2) is 14.4 Å². The molecule has 2 aromatic carbocycles. The van der Waals surface area contributed by atoms with Gasteiger partial charge >= 0.3 is 0 Å². The second-order valence-electron chi connectivity index (χ2n) is 7.92. The highest BCUT2D eigenvalue weighted by Crippen LogP contribution is 2.33. The lowest BCUT2D eigenvalue weighted by Gasteiger charge is -2.19. The lowest BCUT2D eigenvalue weighted by atomic mass is 10.1. The fraction of sp³-hybridized carbons (Fsp3) is 0.240. The zero-order valence-electron chi connectivity index (χ0n) is 18.4. The van der Waals surface area contributed by atoms with Crippen LogP contribution in [-0.4, -0.2) is 52.7 Å². The highest BCUT2D eigenvalue weighted by atomic mass is 19.1. The molecule has 0 spiro atoms. The molecule has 1 aliphatic heterocycles. The molecule has 0 N–H and O–H groups in total. The molecule has 1 aliphatic rings. The van der Waals surface area contributed by atoms with E-state index in [0.717, 1.165) is 34.7 Å². The molecule has 0 unspecified atom stereocenters. The molecule has 168 valence electrons. The number of nitrogens with zero attached hydrogens (tertiary/aromatic N) is 4. The number of methoxy groups -OCH3 is 2. The van der Waals surface area contributed by atoms with Crippen molar-refractivity contribution in [2.75, 3.05) is 27.3 Å². The molecule has 0 bridgehead atoms. The Hall–Kier alpha value is -3.94. The van der Waals surface area contributed by atoms with E-state index in [4.69, 9.17) is 14.5 Å². The van der Waals surface area contributed by atoms with Crippen molar-refractivity contribution in [1.29, 1.82) is 0 Å². The van der Waals surface area contributed by atoms with Crippen molar-refractivity contribution in [2.24, 2.45) is 0 Å². The van der Waals surface area contributed by atoms with E-state index >= 15 is 0 Å². The number of hydrogen-bond donors (Lipinski definition) is 0. The van der Waals surface area contributed by atoms with E-state index in [1.54, 1.807) is 24.3 Å². The zero-order chi connectivity index (χ0) is 22.9. The number of carbonyl (C=O) groups is 1. The molecule has 5 rings (SSSR count). The summed E-state index contributed by atoms with van der Waals surface area (Å²) < 4.78 is 26.5. The van der Waals surface area contributed by atoms with Crippen molar-refractivity contribution in [1.82, 2.24) is 19.4 Å². The van der Waals surface area contributed by atoms with Gasteiger partial charge in [-0.05, 0) is 61.0 Å². The van der Waals surface area contributed by atoms with Gasteiger partial charge in [0.2, 0.25) is 0 Å². The second kappa shape index (κ2) is 8.54. The van der Waals surface area contributed by atoms with Crippen LogP contribution < -0.4 is 9.47 Å². The largest absolute Gasteiger partial charge is 0.497 e. The molecule has 8 heteroatoms. The SMILES string of the molecule is COc1ccc(-c2nc3cccnc3n2[C@@H]2CCN(C(=O)c3ccc(OC)c(F)c3)C2)cc1. The van der Waals surface area contributed by atoms with Crippen molar-refractivity contribution in [3.05, 3.63) is 72.2 Å². The Balaban J connectivity index is 1.47. The third-order valence-corrected chi connectivity index (χ3v) is 6.01. The number of aromatic nitrogens is 3. The van der Waals surface area contributed by atoms with Crippen molar-refractivity contribution >= 4 is 17.1 Å². The minimum atomic E-state index is -0.550. The van der Waals surface area contributed by atoms with Crippen LogP contribution in [0.25, 0.3) is 22.6 Å². The number of rotatable bonds is 5. The van der Waals surface area contributed by atoms with Gasteiger partial charge in [0.15, 0.2) is 17.2 Å². The summed E-state index contributed by atoms with van der Waals surface area (Å²) in [5.41, 5.74) is 2.82. The summed E-state index contributed by atoms with van der Waals surface area (Å²) in [6.07, 6.45) is 2.49. The minimum absolute atomic E-state index is 0.00551. The first-order valence-corrected chi connectivity index (χ1v) is 10.7. The smallest absolute Gasteiger partial charge is 0.254 e. The first-order valence-electron chi connectivity index (χ1n) is 10.7. The van der Waals surface area contributed by atoms with E-state index < -0.39 is 5.82 Å². The average Bonchev–Trinajstić information content (AvgIpc) is 3.48. The summed E-state index contributed by atoms with van der Waals surface area (Å²) in [5.74, 6) is 0.920. The molecule has 1 saturated heterocycles. The molecule has 0 saturated carbocycles. The summed E-state index contributed by atoms with van der Waals surface area (Å²) in [4.78, 5) is 24.2. The van der Waals surface area contributed by atoms with E-state index in [0.29, 0.717) is 18.7 Å². The lowest BCUT2D eigenvalue weighted by molar-refractivity contribution is 0.0787. The highest BCUT2D eigenvalue weighted by Gasteiger charge is 2.31. The Labute approximate surface area is 190 Å². The second-order valence-corrected chi connectivity index (χ2v) is 7.92. The first-order chi connectivity index (χ1) is 16.1. The maximum atomic E-state index is 14.1. The molecule has 2 aromatic heterocycles. The van der Waals surface area contributed by atoms with Gasteiger partial charge in [0.1, 0.15) is 17.1 Å². The van der Waals surface area contributed by atoms with Crippen LogP contribution in [0, 0.1) is 5.82 Å². The van der Waals surface area contributed by atoms with Crippen LogP contribution in [0.3, 0.4) is 0 Å². The molecule has 1 amide bonds. The molecular formula is C25H23FN4O3. The Kier molecular flexibility index (Phi) is 5.42. The number of imidazole rings is 1. The molecule has 33 heavy (non-hydrogen) atoms. The van der Waals surface area contributed by atoms with Gasteiger partial charge in [-0.1, -0.05) is 0 Å². The minimum Gasteiger partial charge on any atom is -0.497 e. The third-order valence-electron chi connectivity index (χ3n) is 6.01. The van der Waals surface area contributed by atoms with E-state index in [1.165, 1.54) is 19.2 Å². The highest BCUT2D eigenvalue weighted by molar-refractivity contribution is 5.94. The summed E-state index contributed by atoms with van der Waals surface area (Å²) in [6.45, 7) is 1.05. The standard InChI is InChI=1S/C25H23FN4O3/c1-32-19-8-5-16(6-9-19)23-28-21-4-3-12-27-24(21)30(23)18-11-13-29(15-18)25(31)17-7-10-22(33-2)20(26)14-17/h3-10,12,14,18H,11,13,15H2,1-2H3/t18-/m1/s1. The maximum absolute atomic E-state index is 14.1. The number of fused-ring (bicyclic) bond motifs is 1. The average molecular weight is 446 g/mol. The predicted molar refractivity (Wildman–Crippen MR) is 122 cm³/mol. The van der Waals surface area contributed by atoms with Gasteiger partial charge in [0.25, 0.3) is 5.91 Å². The van der Waals surface area contributed by atoms with E-state index in [-0.39, 0.29) is 17.7 Å². The summed E-state index contributed by atoms with van der Waals surface area (Å²) >= 11 is 0. The molecule has 0 radical (unpaired) electrons. The van der Waals surface area contributed by atoms with Crippen molar-refractivity contribution in [3.8, 4) is 22.9 Å². The zero-order valence-corrected chi connectivity index (χ0v) is 18.4. The van der Waals surface area contributed by atoms with Crippen LogP contribution in [0.1, 0.15) is 22.8 Å². The third kappa shape index (κ3) is 3.77. The molecule has 0 aliphatic carbocycles. The Morgan fingerprint density at radius 1 is 1.09 bits per heavy atom. The molecular weight excluding hydrogens is 423 g/mol. The van der Waals surface area contributed by atoms with Crippen LogP contribution in [0.5, 0.6) is 11.5 Å². The van der Waals surface area contributed by atoms with Crippen molar-refractivity contribution < 1.29 is 18.7 Å². The van der Waals surface area contributed by atoms with E-state index in [2.05, 4.69) is 9.55 Å².